The molecule has 2 aromatic carbocycles. The Labute approximate surface area is 176 Å². The largest absolute Gasteiger partial charge is 0.483 e. The summed E-state index contributed by atoms with van der Waals surface area (Å²) in [6.45, 7) is 7.57. The van der Waals surface area contributed by atoms with E-state index in [4.69, 9.17) is 21.7 Å². The lowest BCUT2D eigenvalue weighted by Crippen LogP contribution is -2.37. The van der Waals surface area contributed by atoms with Gasteiger partial charge in [0.1, 0.15) is 5.75 Å². The molecule has 0 heterocycles. The molecule has 0 bridgehead atoms. The molecule has 0 unspecified atom stereocenters. The van der Waals surface area contributed by atoms with E-state index in [0.717, 1.165) is 5.56 Å². The molecule has 0 fully saturated rings. The minimum Gasteiger partial charge on any atom is -0.483 e. The fourth-order valence-corrected chi connectivity index (χ4v) is 2.76. The first-order valence-electron chi connectivity index (χ1n) is 9.40. The zero-order chi connectivity index (χ0) is 21.4. The molecule has 0 aliphatic heterocycles. The number of carbonyl (C=O) groups is 2. The van der Waals surface area contributed by atoms with Crippen LogP contribution in [0.1, 0.15) is 49.5 Å². The van der Waals surface area contributed by atoms with Gasteiger partial charge in [0.2, 0.25) is 0 Å². The van der Waals surface area contributed by atoms with Crippen molar-refractivity contribution in [3.8, 4) is 5.75 Å². The van der Waals surface area contributed by atoms with Crippen LogP contribution in [0, 0.1) is 0 Å². The Morgan fingerprint density at radius 2 is 1.66 bits per heavy atom. The molecule has 0 aliphatic rings. The van der Waals surface area contributed by atoms with E-state index in [0.29, 0.717) is 17.0 Å². The second kappa shape index (κ2) is 10.6. The van der Waals surface area contributed by atoms with Crippen molar-refractivity contribution in [1.29, 1.82) is 0 Å². The molecular weight excluding hydrogens is 388 g/mol. The molecule has 2 rings (SSSR count). The fourth-order valence-electron chi connectivity index (χ4n) is 2.53. The molecule has 0 radical (unpaired) electrons. The molecule has 0 spiro atoms. The first-order chi connectivity index (χ1) is 13.8. The van der Waals surface area contributed by atoms with Gasteiger partial charge in [-0.1, -0.05) is 32.0 Å². The van der Waals surface area contributed by atoms with Crippen LogP contribution < -0.4 is 15.4 Å². The number of esters is 1. The number of ether oxygens (including phenoxy) is 2. The van der Waals surface area contributed by atoms with Gasteiger partial charge in [0.15, 0.2) is 11.7 Å². The maximum atomic E-state index is 12.1. The third-order valence-corrected chi connectivity index (χ3v) is 4.08. The van der Waals surface area contributed by atoms with Gasteiger partial charge >= 0.3 is 5.97 Å². The molecule has 154 valence electrons. The summed E-state index contributed by atoms with van der Waals surface area (Å²) in [5.74, 6) is 0.220. The summed E-state index contributed by atoms with van der Waals surface area (Å²) in [6, 6.07) is 14.2. The molecule has 2 aromatic rings. The third kappa shape index (κ3) is 7.19. The van der Waals surface area contributed by atoms with Crippen molar-refractivity contribution in [3.05, 3.63) is 59.7 Å². The molecule has 0 saturated heterocycles. The van der Waals surface area contributed by atoms with Gasteiger partial charge in [-0.3, -0.25) is 10.1 Å². The number of hydrogen-bond donors (Lipinski definition) is 2. The van der Waals surface area contributed by atoms with Crippen LogP contribution in [0.25, 0.3) is 0 Å². The highest BCUT2D eigenvalue weighted by atomic mass is 32.1. The zero-order valence-corrected chi connectivity index (χ0v) is 17.8. The van der Waals surface area contributed by atoms with Crippen molar-refractivity contribution in [2.24, 2.45) is 0 Å². The number of para-hydroxylation sites is 1. The standard InChI is InChI=1S/C22H26N2O4S/c1-14(2)18-7-5-6-8-19(18)27-13-20(25)24-22(29)23-17-11-9-16(10-12-17)21(26)28-15(3)4/h5-12,14-15H,13H2,1-4H3,(H2,23,24,25,29). The fraction of sp³-hybridized carbons (Fsp3) is 0.318. The Balaban J connectivity index is 1.84. The molecule has 6 nitrogen and oxygen atoms in total. The van der Waals surface area contributed by atoms with Gasteiger partial charge in [-0.2, -0.15) is 0 Å². The van der Waals surface area contributed by atoms with Crippen molar-refractivity contribution in [3.63, 3.8) is 0 Å². The lowest BCUT2D eigenvalue weighted by Gasteiger charge is -2.14. The normalized spacial score (nSPS) is 10.6. The summed E-state index contributed by atoms with van der Waals surface area (Å²) in [5, 5.41) is 5.62. The van der Waals surface area contributed by atoms with Crippen LogP contribution in [-0.2, 0) is 9.53 Å². The Kier molecular flexibility index (Phi) is 8.15. The molecule has 0 atom stereocenters. The van der Waals surface area contributed by atoms with E-state index in [1.54, 1.807) is 38.1 Å². The maximum absolute atomic E-state index is 12.1. The number of carbonyl (C=O) groups excluding carboxylic acids is 2. The van der Waals surface area contributed by atoms with E-state index in [2.05, 4.69) is 24.5 Å². The Hall–Kier alpha value is -2.93. The molecule has 0 aromatic heterocycles. The summed E-state index contributed by atoms with van der Waals surface area (Å²) >= 11 is 5.16. The average molecular weight is 415 g/mol. The third-order valence-electron chi connectivity index (χ3n) is 3.87. The van der Waals surface area contributed by atoms with E-state index >= 15 is 0 Å². The maximum Gasteiger partial charge on any atom is 0.338 e. The molecule has 29 heavy (non-hydrogen) atoms. The van der Waals surface area contributed by atoms with Crippen molar-refractivity contribution in [1.82, 2.24) is 5.32 Å². The summed E-state index contributed by atoms with van der Waals surface area (Å²) in [7, 11) is 0. The number of nitrogens with one attached hydrogen (secondary N) is 2. The molecule has 2 N–H and O–H groups in total. The van der Waals surface area contributed by atoms with Gasteiger partial charge in [0.05, 0.1) is 11.7 Å². The molecule has 1 amide bonds. The van der Waals surface area contributed by atoms with Gasteiger partial charge < -0.3 is 14.8 Å². The number of anilines is 1. The number of hydrogen-bond acceptors (Lipinski definition) is 5. The predicted molar refractivity (Wildman–Crippen MR) is 117 cm³/mol. The van der Waals surface area contributed by atoms with Crippen LogP contribution in [0.3, 0.4) is 0 Å². The van der Waals surface area contributed by atoms with Crippen LogP contribution >= 0.6 is 12.2 Å². The summed E-state index contributed by atoms with van der Waals surface area (Å²) in [4.78, 5) is 24.0. The summed E-state index contributed by atoms with van der Waals surface area (Å²) in [5.41, 5.74) is 2.12. The molecule has 0 aliphatic carbocycles. The first kappa shape index (κ1) is 22.4. The van der Waals surface area contributed by atoms with Gasteiger partial charge in [0.25, 0.3) is 5.91 Å². The molecule has 7 heteroatoms. The Morgan fingerprint density at radius 3 is 2.28 bits per heavy atom. The lowest BCUT2D eigenvalue weighted by molar-refractivity contribution is -0.121. The lowest BCUT2D eigenvalue weighted by atomic mass is 10.0. The summed E-state index contributed by atoms with van der Waals surface area (Å²) < 4.78 is 10.8. The second-order valence-electron chi connectivity index (χ2n) is 7.01. The highest BCUT2D eigenvalue weighted by Gasteiger charge is 2.11. The minimum atomic E-state index is -0.388. The quantitative estimate of drug-likeness (QED) is 0.521. The van der Waals surface area contributed by atoms with Gasteiger partial charge in [-0.15, -0.1) is 0 Å². The molecule has 0 saturated carbocycles. The van der Waals surface area contributed by atoms with Crippen LogP contribution in [-0.4, -0.2) is 29.7 Å². The summed E-state index contributed by atoms with van der Waals surface area (Å²) in [6.07, 6.45) is -0.183. The van der Waals surface area contributed by atoms with E-state index in [1.807, 2.05) is 24.3 Å². The van der Waals surface area contributed by atoms with E-state index in [9.17, 15) is 9.59 Å². The van der Waals surface area contributed by atoms with Gasteiger partial charge in [-0.05, 0) is 67.9 Å². The van der Waals surface area contributed by atoms with E-state index in [1.165, 1.54) is 0 Å². The number of thiocarbonyl (C=S) groups is 1. The number of amides is 1. The van der Waals surface area contributed by atoms with E-state index < -0.39 is 0 Å². The number of benzene rings is 2. The van der Waals surface area contributed by atoms with Crippen LogP contribution in [0.2, 0.25) is 0 Å². The van der Waals surface area contributed by atoms with Crippen LogP contribution in [0.4, 0.5) is 5.69 Å². The second-order valence-corrected chi connectivity index (χ2v) is 7.42. The molecular formula is C22H26N2O4S. The van der Waals surface area contributed by atoms with Crippen molar-refractivity contribution >= 4 is 34.9 Å². The highest BCUT2D eigenvalue weighted by molar-refractivity contribution is 7.80. The monoisotopic (exact) mass is 414 g/mol. The smallest absolute Gasteiger partial charge is 0.338 e. The van der Waals surface area contributed by atoms with Crippen LogP contribution in [0.15, 0.2) is 48.5 Å². The number of rotatable bonds is 7. The predicted octanol–water partition coefficient (Wildman–Crippen LogP) is 4.27. The van der Waals surface area contributed by atoms with Gasteiger partial charge in [-0.25, -0.2) is 4.79 Å². The first-order valence-corrected chi connectivity index (χ1v) is 9.80. The van der Waals surface area contributed by atoms with Crippen molar-refractivity contribution in [2.75, 3.05) is 11.9 Å². The Bertz CT molecular complexity index is 863. The van der Waals surface area contributed by atoms with Crippen molar-refractivity contribution < 1.29 is 19.1 Å². The zero-order valence-electron chi connectivity index (χ0n) is 17.0. The average Bonchev–Trinajstić information content (AvgIpc) is 2.66. The van der Waals surface area contributed by atoms with Gasteiger partial charge in [0, 0.05) is 5.69 Å². The van der Waals surface area contributed by atoms with Crippen LogP contribution in [0.5, 0.6) is 5.75 Å². The highest BCUT2D eigenvalue weighted by Crippen LogP contribution is 2.25. The van der Waals surface area contributed by atoms with Crippen molar-refractivity contribution in [2.45, 2.75) is 39.7 Å². The SMILES string of the molecule is CC(C)OC(=O)c1ccc(NC(=S)NC(=O)COc2ccccc2C(C)C)cc1. The topological polar surface area (TPSA) is 76.7 Å². The minimum absolute atomic E-state index is 0.147. The van der Waals surface area contributed by atoms with E-state index in [-0.39, 0.29) is 35.6 Å². The Morgan fingerprint density at radius 1 is 1.00 bits per heavy atom.